The summed E-state index contributed by atoms with van der Waals surface area (Å²) < 4.78 is 9.42. The smallest absolute Gasteiger partial charge is 0.135 e. The van der Waals surface area contributed by atoms with Crippen LogP contribution in [0.4, 0.5) is 0 Å². The molecule has 1 aromatic heterocycles. The zero-order valence-electron chi connectivity index (χ0n) is 7.51. The van der Waals surface area contributed by atoms with E-state index in [4.69, 9.17) is 4.74 Å². The fourth-order valence-electron chi connectivity index (χ4n) is 1.30. The molecule has 1 heterocycles. The second-order valence-corrected chi connectivity index (χ2v) is 5.92. The van der Waals surface area contributed by atoms with Gasteiger partial charge in [-0.15, -0.1) is 11.3 Å². The molecule has 0 saturated carbocycles. The van der Waals surface area contributed by atoms with Gasteiger partial charge < -0.3 is 4.74 Å². The maximum atomic E-state index is 5.59. The van der Waals surface area contributed by atoms with Gasteiger partial charge in [0.25, 0.3) is 0 Å². The highest BCUT2D eigenvalue weighted by Gasteiger charge is 2.10. The molecule has 0 spiro atoms. The molecule has 1 nitrogen and oxygen atoms in total. The first-order valence-electron chi connectivity index (χ1n) is 4.22. The predicted octanol–water partition coefficient (Wildman–Crippen LogP) is 4.51. The van der Waals surface area contributed by atoms with E-state index in [-0.39, 0.29) is 0 Å². The van der Waals surface area contributed by atoms with E-state index in [1.807, 2.05) is 6.92 Å². The summed E-state index contributed by atoms with van der Waals surface area (Å²) in [7, 11) is 0. The number of hydrogen-bond donors (Lipinski definition) is 0. The van der Waals surface area contributed by atoms with Crippen LogP contribution in [-0.2, 0) is 0 Å². The van der Waals surface area contributed by atoms with E-state index in [9.17, 15) is 0 Å². The lowest BCUT2D eigenvalue weighted by Crippen LogP contribution is -1.94. The van der Waals surface area contributed by atoms with Crippen LogP contribution in [-0.4, -0.2) is 6.61 Å². The highest BCUT2D eigenvalue weighted by atomic mass is 127. The molecule has 0 N–H and O–H groups in total. The summed E-state index contributed by atoms with van der Waals surface area (Å²) in [6.45, 7) is 2.74. The Bertz CT molecular complexity index is 464. The third-order valence-electron chi connectivity index (χ3n) is 1.90. The molecule has 1 aromatic carbocycles. The van der Waals surface area contributed by atoms with Gasteiger partial charge in [-0.3, -0.25) is 0 Å². The molecule has 0 radical (unpaired) electrons. The Morgan fingerprint density at radius 1 is 1.43 bits per heavy atom. The first-order valence-corrected chi connectivity index (χ1v) is 7.25. The van der Waals surface area contributed by atoms with Crippen molar-refractivity contribution < 1.29 is 4.74 Å². The van der Waals surface area contributed by atoms with E-state index in [2.05, 4.69) is 62.7 Å². The third kappa shape index (κ3) is 1.88. The normalized spacial score (nSPS) is 10.8. The Morgan fingerprint density at radius 2 is 2.21 bits per heavy atom. The first kappa shape index (κ1) is 10.9. The molecule has 0 fully saturated rings. The lowest BCUT2D eigenvalue weighted by molar-refractivity contribution is 0.338. The summed E-state index contributed by atoms with van der Waals surface area (Å²) in [6, 6.07) is 4.28. The first-order chi connectivity index (χ1) is 6.74. The maximum Gasteiger partial charge on any atom is 0.135 e. The number of hydrogen-bond acceptors (Lipinski definition) is 2. The van der Waals surface area contributed by atoms with Crippen molar-refractivity contribution in [2.45, 2.75) is 6.92 Å². The quantitative estimate of drug-likeness (QED) is 0.638. The van der Waals surface area contributed by atoms with Crippen LogP contribution in [0.5, 0.6) is 5.75 Å². The van der Waals surface area contributed by atoms with Crippen molar-refractivity contribution in [2.24, 2.45) is 0 Å². The fraction of sp³-hybridized carbons (Fsp3) is 0.200. The van der Waals surface area contributed by atoms with Gasteiger partial charge in [0.05, 0.1) is 14.9 Å². The highest BCUT2D eigenvalue weighted by Crippen LogP contribution is 2.36. The Hall–Kier alpha value is 0.440. The van der Waals surface area contributed by atoms with E-state index >= 15 is 0 Å². The molecular formula is C10H8I2OS. The minimum atomic E-state index is 0.725. The molecule has 74 valence electrons. The average molecular weight is 430 g/mol. The molecule has 2 rings (SSSR count). The van der Waals surface area contributed by atoms with Crippen molar-refractivity contribution >= 4 is 66.6 Å². The summed E-state index contributed by atoms with van der Waals surface area (Å²) in [6.07, 6.45) is 0. The van der Waals surface area contributed by atoms with Gasteiger partial charge in [-0.1, -0.05) is 0 Å². The van der Waals surface area contributed by atoms with Crippen molar-refractivity contribution in [3.63, 3.8) is 0 Å². The summed E-state index contributed by atoms with van der Waals surface area (Å²) in [5.41, 5.74) is 0. The molecule has 0 aliphatic rings. The molecule has 0 amide bonds. The molecule has 2 aromatic rings. The molecule has 0 aliphatic carbocycles. The molecule has 0 aliphatic heterocycles. The zero-order valence-corrected chi connectivity index (χ0v) is 12.6. The number of halogens is 2. The number of benzene rings is 1. The van der Waals surface area contributed by atoms with Crippen LogP contribution in [0.15, 0.2) is 17.5 Å². The van der Waals surface area contributed by atoms with Gasteiger partial charge in [-0.2, -0.15) is 0 Å². The van der Waals surface area contributed by atoms with Gasteiger partial charge in [0, 0.05) is 8.96 Å². The molecule has 0 atom stereocenters. The number of ether oxygens (including phenoxy) is 1. The van der Waals surface area contributed by atoms with Crippen LogP contribution in [0.3, 0.4) is 0 Å². The standard InChI is InChI=1S/C10H8I2OS/c1-2-13-8-5-7(11)6-3-4-14-10(6)9(8)12/h3-5H,2H2,1H3. The Balaban J connectivity index is 2.68. The second kappa shape index (κ2) is 4.52. The topological polar surface area (TPSA) is 9.23 Å². The van der Waals surface area contributed by atoms with Crippen LogP contribution < -0.4 is 4.74 Å². The summed E-state index contributed by atoms with van der Waals surface area (Å²) in [5, 5.41) is 3.47. The summed E-state index contributed by atoms with van der Waals surface area (Å²) in [5.74, 6) is 1.01. The van der Waals surface area contributed by atoms with E-state index < -0.39 is 0 Å². The minimum absolute atomic E-state index is 0.725. The number of fused-ring (bicyclic) bond motifs is 1. The van der Waals surface area contributed by atoms with Gasteiger partial charge in [-0.05, 0) is 69.6 Å². The minimum Gasteiger partial charge on any atom is -0.493 e. The van der Waals surface area contributed by atoms with Crippen LogP contribution in [0.2, 0.25) is 0 Å². The third-order valence-corrected chi connectivity index (χ3v) is 5.16. The van der Waals surface area contributed by atoms with E-state index in [1.165, 1.54) is 17.2 Å². The Labute approximate surface area is 114 Å². The average Bonchev–Trinajstić information content (AvgIpc) is 2.63. The lowest BCUT2D eigenvalue weighted by atomic mass is 10.2. The van der Waals surface area contributed by atoms with Crippen molar-refractivity contribution in [1.29, 1.82) is 0 Å². The monoisotopic (exact) mass is 430 g/mol. The second-order valence-electron chi connectivity index (χ2n) is 2.77. The Kier molecular flexibility index (Phi) is 3.54. The zero-order chi connectivity index (χ0) is 10.1. The highest BCUT2D eigenvalue weighted by molar-refractivity contribution is 14.1. The van der Waals surface area contributed by atoms with E-state index in [0.29, 0.717) is 0 Å². The predicted molar refractivity (Wildman–Crippen MR) is 78.4 cm³/mol. The van der Waals surface area contributed by atoms with Crippen LogP contribution in [0, 0.1) is 7.14 Å². The van der Waals surface area contributed by atoms with Crippen molar-refractivity contribution in [3.8, 4) is 5.75 Å². The van der Waals surface area contributed by atoms with Crippen LogP contribution in [0.25, 0.3) is 10.1 Å². The van der Waals surface area contributed by atoms with Crippen molar-refractivity contribution in [2.75, 3.05) is 6.61 Å². The molecular weight excluding hydrogens is 422 g/mol. The molecule has 0 saturated heterocycles. The summed E-state index contributed by atoms with van der Waals surface area (Å²) >= 11 is 6.49. The molecule has 4 heteroatoms. The number of rotatable bonds is 2. The maximum absolute atomic E-state index is 5.59. The van der Waals surface area contributed by atoms with Crippen LogP contribution >= 0.6 is 56.5 Å². The fourth-order valence-corrected chi connectivity index (χ4v) is 4.04. The van der Waals surface area contributed by atoms with E-state index in [0.717, 1.165) is 12.4 Å². The van der Waals surface area contributed by atoms with Crippen molar-refractivity contribution in [3.05, 3.63) is 24.7 Å². The van der Waals surface area contributed by atoms with Gasteiger partial charge in [0.2, 0.25) is 0 Å². The largest absolute Gasteiger partial charge is 0.493 e. The van der Waals surface area contributed by atoms with Crippen LogP contribution in [0.1, 0.15) is 6.92 Å². The molecule has 14 heavy (non-hydrogen) atoms. The number of thiophene rings is 1. The van der Waals surface area contributed by atoms with Gasteiger partial charge in [-0.25, -0.2) is 0 Å². The van der Waals surface area contributed by atoms with E-state index in [1.54, 1.807) is 11.3 Å². The molecule has 0 unspecified atom stereocenters. The summed E-state index contributed by atoms with van der Waals surface area (Å²) in [4.78, 5) is 0. The van der Waals surface area contributed by atoms with Crippen molar-refractivity contribution in [1.82, 2.24) is 0 Å². The molecule has 0 bridgehead atoms. The van der Waals surface area contributed by atoms with Gasteiger partial charge in [0.15, 0.2) is 0 Å². The van der Waals surface area contributed by atoms with Gasteiger partial charge in [0.1, 0.15) is 5.75 Å². The van der Waals surface area contributed by atoms with Gasteiger partial charge >= 0.3 is 0 Å². The SMILES string of the molecule is CCOc1cc(I)c2ccsc2c1I. The Morgan fingerprint density at radius 3 is 2.93 bits per heavy atom. The lowest BCUT2D eigenvalue weighted by Gasteiger charge is -2.07.